The van der Waals surface area contributed by atoms with Gasteiger partial charge in [-0.15, -0.1) is 0 Å². The Labute approximate surface area is 138 Å². The van der Waals surface area contributed by atoms with E-state index in [1.165, 1.54) is 11.8 Å². The van der Waals surface area contributed by atoms with Gasteiger partial charge >= 0.3 is 0 Å². The van der Waals surface area contributed by atoms with E-state index in [4.69, 9.17) is 21.4 Å². The number of carbonyl (C=O) groups excluding carboxylic acids is 1. The molecule has 0 N–H and O–H groups in total. The van der Waals surface area contributed by atoms with Crippen molar-refractivity contribution in [3.8, 4) is 0 Å². The number of para-hydroxylation sites is 1. The number of hydrogen-bond acceptors (Lipinski definition) is 5. The summed E-state index contributed by atoms with van der Waals surface area (Å²) in [6, 6.07) is 9.58. The predicted molar refractivity (Wildman–Crippen MR) is 92.6 cm³/mol. The summed E-state index contributed by atoms with van der Waals surface area (Å²) in [4.78, 5) is 14.7. The summed E-state index contributed by atoms with van der Waals surface area (Å²) in [6.07, 6.45) is 1.75. The first-order valence-electron chi connectivity index (χ1n) is 6.84. The van der Waals surface area contributed by atoms with Crippen LogP contribution in [-0.2, 0) is 9.53 Å². The zero-order valence-corrected chi connectivity index (χ0v) is 13.9. The van der Waals surface area contributed by atoms with Gasteiger partial charge in [-0.05, 0) is 19.1 Å². The molecule has 1 aliphatic rings. The quantitative estimate of drug-likeness (QED) is 0.631. The average molecular weight is 333 g/mol. The Balaban J connectivity index is 1.88. The van der Waals surface area contributed by atoms with Gasteiger partial charge < -0.3 is 9.15 Å². The fraction of sp³-hybridized carbons (Fsp3) is 0.250. The number of carbonyl (C=O) groups is 1. The van der Waals surface area contributed by atoms with Gasteiger partial charge in [-0.2, -0.15) is 0 Å². The standard InChI is InChI=1S/C16H15NO3S2/c1-10(9-19-2)17-15(18)14(22-16(17)21)8-12-7-11-5-3-4-6-13(11)20-12/h3-8,10H,9H2,1-2H3/b14-8-. The van der Waals surface area contributed by atoms with E-state index < -0.39 is 0 Å². The topological polar surface area (TPSA) is 42.7 Å². The van der Waals surface area contributed by atoms with Crippen LogP contribution in [0.5, 0.6) is 0 Å². The molecule has 0 aliphatic carbocycles. The number of fused-ring (bicyclic) bond motifs is 1. The summed E-state index contributed by atoms with van der Waals surface area (Å²) in [6.45, 7) is 2.36. The lowest BCUT2D eigenvalue weighted by Gasteiger charge is -2.22. The maximum Gasteiger partial charge on any atom is 0.266 e. The average Bonchev–Trinajstić information content (AvgIpc) is 3.00. The van der Waals surface area contributed by atoms with Crippen molar-refractivity contribution in [1.82, 2.24) is 4.90 Å². The first-order valence-corrected chi connectivity index (χ1v) is 8.07. The highest BCUT2D eigenvalue weighted by molar-refractivity contribution is 8.26. The second kappa shape index (κ2) is 6.24. The lowest BCUT2D eigenvalue weighted by atomic mass is 10.2. The number of thioether (sulfide) groups is 1. The van der Waals surface area contributed by atoms with Crippen molar-refractivity contribution >= 4 is 51.3 Å². The maximum absolute atomic E-state index is 12.5. The number of rotatable bonds is 4. The van der Waals surface area contributed by atoms with Gasteiger partial charge in [0.1, 0.15) is 15.7 Å². The summed E-state index contributed by atoms with van der Waals surface area (Å²) in [5.74, 6) is 0.557. The van der Waals surface area contributed by atoms with E-state index >= 15 is 0 Å². The number of amides is 1. The molecule has 1 aromatic heterocycles. The van der Waals surface area contributed by atoms with Gasteiger partial charge in [0.05, 0.1) is 17.6 Å². The van der Waals surface area contributed by atoms with Gasteiger partial charge in [-0.25, -0.2) is 0 Å². The van der Waals surface area contributed by atoms with Crippen molar-refractivity contribution in [1.29, 1.82) is 0 Å². The number of ether oxygens (including phenoxy) is 1. The molecule has 1 saturated heterocycles. The predicted octanol–water partition coefficient (Wildman–Crippen LogP) is 3.67. The zero-order chi connectivity index (χ0) is 15.7. The van der Waals surface area contributed by atoms with E-state index in [9.17, 15) is 4.79 Å². The SMILES string of the molecule is COCC(C)N1C(=O)/C(=C/c2cc3ccccc3o2)SC1=S. The Morgan fingerprint density at radius 1 is 1.45 bits per heavy atom. The van der Waals surface area contributed by atoms with Crippen molar-refractivity contribution in [2.45, 2.75) is 13.0 Å². The smallest absolute Gasteiger partial charge is 0.266 e. The van der Waals surface area contributed by atoms with Crippen LogP contribution in [0.4, 0.5) is 0 Å². The summed E-state index contributed by atoms with van der Waals surface area (Å²) >= 11 is 6.60. The lowest BCUT2D eigenvalue weighted by molar-refractivity contribution is -0.124. The fourth-order valence-corrected chi connectivity index (χ4v) is 3.82. The molecule has 114 valence electrons. The molecule has 6 heteroatoms. The summed E-state index contributed by atoms with van der Waals surface area (Å²) < 4.78 is 11.4. The van der Waals surface area contributed by atoms with Crippen LogP contribution < -0.4 is 0 Å². The lowest BCUT2D eigenvalue weighted by Crippen LogP contribution is -2.39. The van der Waals surface area contributed by atoms with Gasteiger partial charge in [-0.3, -0.25) is 9.69 Å². The highest BCUT2D eigenvalue weighted by Crippen LogP contribution is 2.34. The molecule has 1 aromatic carbocycles. The van der Waals surface area contributed by atoms with Crippen LogP contribution in [0, 0.1) is 0 Å². The molecule has 1 atom stereocenters. The molecular formula is C16H15NO3S2. The Morgan fingerprint density at radius 3 is 2.95 bits per heavy atom. The molecule has 22 heavy (non-hydrogen) atoms. The monoisotopic (exact) mass is 333 g/mol. The molecular weight excluding hydrogens is 318 g/mol. The summed E-state index contributed by atoms with van der Waals surface area (Å²) in [5, 5.41) is 1.01. The van der Waals surface area contributed by atoms with Gasteiger partial charge in [0.15, 0.2) is 0 Å². The third kappa shape index (κ3) is 2.82. The molecule has 4 nitrogen and oxygen atoms in total. The minimum absolute atomic E-state index is 0.0842. The molecule has 2 aromatic rings. The van der Waals surface area contributed by atoms with E-state index in [2.05, 4.69) is 0 Å². The van der Waals surface area contributed by atoms with Crippen molar-refractivity contribution in [2.75, 3.05) is 13.7 Å². The van der Waals surface area contributed by atoms with Crippen LogP contribution in [0.2, 0.25) is 0 Å². The normalized spacial score (nSPS) is 18.6. The van der Waals surface area contributed by atoms with Crippen LogP contribution in [0.15, 0.2) is 39.7 Å². The van der Waals surface area contributed by atoms with Crippen LogP contribution in [-0.4, -0.2) is 34.9 Å². The number of benzene rings is 1. The van der Waals surface area contributed by atoms with Crippen molar-refractivity contribution in [3.05, 3.63) is 41.0 Å². The third-order valence-corrected chi connectivity index (χ3v) is 4.72. The molecule has 0 spiro atoms. The van der Waals surface area contributed by atoms with E-state index in [1.54, 1.807) is 18.1 Å². The molecule has 0 saturated carbocycles. The largest absolute Gasteiger partial charge is 0.457 e. The second-order valence-electron chi connectivity index (χ2n) is 5.04. The minimum Gasteiger partial charge on any atom is -0.457 e. The van der Waals surface area contributed by atoms with Crippen molar-refractivity contribution < 1.29 is 13.9 Å². The molecule has 1 amide bonds. The van der Waals surface area contributed by atoms with Gasteiger partial charge in [-0.1, -0.05) is 42.2 Å². The fourth-order valence-electron chi connectivity index (χ4n) is 2.38. The zero-order valence-electron chi connectivity index (χ0n) is 12.2. The van der Waals surface area contributed by atoms with Gasteiger partial charge in [0, 0.05) is 18.6 Å². The molecule has 0 bridgehead atoms. The maximum atomic E-state index is 12.5. The number of methoxy groups -OCH3 is 1. The summed E-state index contributed by atoms with van der Waals surface area (Å²) in [5.41, 5.74) is 0.803. The van der Waals surface area contributed by atoms with Gasteiger partial charge in [0.25, 0.3) is 5.91 Å². The van der Waals surface area contributed by atoms with E-state index in [-0.39, 0.29) is 11.9 Å². The molecule has 1 unspecified atom stereocenters. The van der Waals surface area contributed by atoms with Gasteiger partial charge in [0.2, 0.25) is 0 Å². The summed E-state index contributed by atoms with van der Waals surface area (Å²) in [7, 11) is 1.61. The number of furan rings is 1. The van der Waals surface area contributed by atoms with Crippen LogP contribution in [0.3, 0.4) is 0 Å². The van der Waals surface area contributed by atoms with E-state index in [0.717, 1.165) is 11.0 Å². The highest BCUT2D eigenvalue weighted by atomic mass is 32.2. The Kier molecular flexibility index (Phi) is 4.33. The number of nitrogens with zero attached hydrogens (tertiary/aromatic N) is 1. The molecule has 2 heterocycles. The second-order valence-corrected chi connectivity index (χ2v) is 6.72. The highest BCUT2D eigenvalue weighted by Gasteiger charge is 2.35. The Bertz CT molecular complexity index is 733. The third-order valence-electron chi connectivity index (χ3n) is 3.39. The molecule has 0 radical (unpaired) electrons. The van der Waals surface area contributed by atoms with Crippen LogP contribution in [0.25, 0.3) is 17.0 Å². The molecule has 1 aliphatic heterocycles. The van der Waals surface area contributed by atoms with E-state index in [0.29, 0.717) is 21.6 Å². The van der Waals surface area contributed by atoms with E-state index in [1.807, 2.05) is 37.3 Å². The Hall–Kier alpha value is -1.63. The number of hydrogen-bond donors (Lipinski definition) is 0. The first-order chi connectivity index (χ1) is 10.6. The number of thiocarbonyl (C=S) groups is 1. The van der Waals surface area contributed by atoms with Crippen LogP contribution >= 0.6 is 24.0 Å². The van der Waals surface area contributed by atoms with Crippen LogP contribution in [0.1, 0.15) is 12.7 Å². The Morgan fingerprint density at radius 2 is 2.23 bits per heavy atom. The molecule has 1 fully saturated rings. The minimum atomic E-state index is -0.0972. The van der Waals surface area contributed by atoms with Crippen molar-refractivity contribution in [3.63, 3.8) is 0 Å². The van der Waals surface area contributed by atoms with Crippen molar-refractivity contribution in [2.24, 2.45) is 0 Å². The molecule has 3 rings (SSSR count). The first kappa shape index (κ1) is 15.3.